The van der Waals surface area contributed by atoms with Crippen LogP contribution in [0.1, 0.15) is 78.3 Å². The van der Waals surface area contributed by atoms with Gasteiger partial charge in [-0.05, 0) is 69.6 Å². The summed E-state index contributed by atoms with van der Waals surface area (Å²) >= 11 is 0. The minimum atomic E-state index is -2.12. The van der Waals surface area contributed by atoms with E-state index in [9.17, 15) is 10.1 Å². The molecule has 0 radical (unpaired) electrons. The molecule has 1 N–H and O–H groups in total. The van der Waals surface area contributed by atoms with E-state index in [1.165, 1.54) is 0 Å². The molecular formula is C33H45N7O4Si. The summed E-state index contributed by atoms with van der Waals surface area (Å²) in [6, 6.07) is 9.90. The van der Waals surface area contributed by atoms with E-state index in [0.29, 0.717) is 55.0 Å². The fourth-order valence-corrected chi connectivity index (χ4v) is 6.49. The molecule has 3 aromatic rings. The molecule has 0 aliphatic carbocycles. The third-order valence-corrected chi connectivity index (χ3v) is 13.4. The average Bonchev–Trinajstić information content (AvgIpc) is 3.50. The highest BCUT2D eigenvalue weighted by atomic mass is 28.4. The Kier molecular flexibility index (Phi) is 8.35. The number of hydrogen-bond acceptors (Lipinski definition) is 9. The number of aromatic nitrogens is 4. The molecule has 240 valence electrons. The number of anilines is 3. The van der Waals surface area contributed by atoms with Crippen molar-refractivity contribution in [2.75, 3.05) is 30.0 Å². The van der Waals surface area contributed by atoms with Gasteiger partial charge in [-0.3, -0.25) is 9.58 Å². The molecule has 1 aromatic carbocycles. The monoisotopic (exact) mass is 631 g/mol. The lowest BCUT2D eigenvalue weighted by Crippen LogP contribution is -2.46. The fraction of sp³-hybridized carbons (Fsp3) is 0.545. The lowest BCUT2D eigenvalue weighted by molar-refractivity contribution is 0.0288. The summed E-state index contributed by atoms with van der Waals surface area (Å²) in [5.41, 5.74) is 2.87. The summed E-state index contributed by atoms with van der Waals surface area (Å²) in [5.74, 6) is 1.02. The Balaban J connectivity index is 1.53. The van der Waals surface area contributed by atoms with Crippen LogP contribution < -0.4 is 10.2 Å². The third kappa shape index (κ3) is 6.61. The van der Waals surface area contributed by atoms with Crippen LogP contribution in [-0.4, -0.2) is 59.5 Å². The van der Waals surface area contributed by atoms with Gasteiger partial charge in [0, 0.05) is 36.4 Å². The van der Waals surface area contributed by atoms with Gasteiger partial charge in [0.15, 0.2) is 14.1 Å². The first-order valence-electron chi connectivity index (χ1n) is 15.4. The number of carbonyl (C=O) groups excluding carboxylic acids is 1. The molecule has 0 bridgehead atoms. The summed E-state index contributed by atoms with van der Waals surface area (Å²) in [5, 5.41) is 18.3. The van der Waals surface area contributed by atoms with Crippen LogP contribution in [0.5, 0.6) is 0 Å². The Morgan fingerprint density at radius 3 is 2.60 bits per heavy atom. The van der Waals surface area contributed by atoms with Crippen LogP contribution in [0, 0.1) is 11.3 Å². The summed E-state index contributed by atoms with van der Waals surface area (Å²) in [7, 11) is -2.12. The number of nitriles is 1. The normalized spacial score (nSPS) is 19.9. The quantitative estimate of drug-likeness (QED) is 0.284. The Labute approximate surface area is 267 Å². The van der Waals surface area contributed by atoms with Crippen molar-refractivity contribution < 1.29 is 18.7 Å². The van der Waals surface area contributed by atoms with Crippen LogP contribution in [-0.2, 0) is 25.9 Å². The number of benzene rings is 1. The van der Waals surface area contributed by atoms with Crippen molar-refractivity contribution in [3.05, 3.63) is 47.3 Å². The zero-order valence-electron chi connectivity index (χ0n) is 28.1. The molecule has 2 aliphatic rings. The van der Waals surface area contributed by atoms with Crippen molar-refractivity contribution in [2.45, 2.75) is 97.2 Å². The maximum absolute atomic E-state index is 13.5. The van der Waals surface area contributed by atoms with Crippen LogP contribution in [0.25, 0.3) is 11.3 Å². The van der Waals surface area contributed by atoms with Crippen molar-refractivity contribution in [1.82, 2.24) is 19.7 Å². The zero-order chi connectivity index (χ0) is 32.9. The molecule has 0 saturated heterocycles. The summed E-state index contributed by atoms with van der Waals surface area (Å²) in [6.07, 6.45) is 1.15. The minimum absolute atomic E-state index is 0.0130. The highest BCUT2D eigenvalue weighted by molar-refractivity contribution is 6.74. The Morgan fingerprint density at radius 2 is 1.96 bits per heavy atom. The van der Waals surface area contributed by atoms with E-state index in [4.69, 9.17) is 18.9 Å². The van der Waals surface area contributed by atoms with Crippen LogP contribution in [0.15, 0.2) is 30.5 Å². The van der Waals surface area contributed by atoms with E-state index >= 15 is 0 Å². The first kappa shape index (κ1) is 32.6. The lowest BCUT2D eigenvalue weighted by atomic mass is 9.83. The van der Waals surface area contributed by atoms with Gasteiger partial charge < -0.3 is 19.2 Å². The van der Waals surface area contributed by atoms with E-state index in [0.717, 1.165) is 16.8 Å². The molecule has 0 saturated carbocycles. The van der Waals surface area contributed by atoms with E-state index in [2.05, 4.69) is 62.3 Å². The van der Waals surface area contributed by atoms with Crippen molar-refractivity contribution in [2.24, 2.45) is 0 Å². The molecule has 11 nitrogen and oxygen atoms in total. The van der Waals surface area contributed by atoms with Crippen LogP contribution in [0.3, 0.4) is 0 Å². The minimum Gasteiger partial charge on any atom is -0.443 e. The third-order valence-electron chi connectivity index (χ3n) is 8.92. The number of nitrogens with one attached hydrogen (secondary N) is 1. The van der Waals surface area contributed by atoms with Crippen molar-refractivity contribution in [3.63, 3.8) is 0 Å². The molecular weight excluding hydrogens is 586 g/mol. The fourth-order valence-electron chi connectivity index (χ4n) is 5.38. The van der Waals surface area contributed by atoms with Crippen LogP contribution >= 0.6 is 0 Å². The van der Waals surface area contributed by atoms with E-state index in [1.807, 2.05) is 50.6 Å². The number of nitrogens with zero attached hydrogens (tertiary/aromatic N) is 6. The molecule has 4 heterocycles. The Hall–Kier alpha value is -3.79. The second-order valence-corrected chi connectivity index (χ2v) is 19.6. The highest BCUT2D eigenvalue weighted by Crippen LogP contribution is 2.47. The highest BCUT2D eigenvalue weighted by Gasteiger charge is 2.47. The average molecular weight is 632 g/mol. The van der Waals surface area contributed by atoms with Crippen molar-refractivity contribution in [1.29, 1.82) is 5.26 Å². The van der Waals surface area contributed by atoms with Gasteiger partial charge in [-0.1, -0.05) is 27.7 Å². The largest absolute Gasteiger partial charge is 0.443 e. The number of carbonyl (C=O) groups is 1. The second kappa shape index (κ2) is 11.5. The molecule has 2 aromatic heterocycles. The van der Waals surface area contributed by atoms with Crippen molar-refractivity contribution in [3.8, 4) is 17.3 Å². The Bertz CT molecular complexity index is 1650. The number of hydrogen-bond donors (Lipinski definition) is 1. The topological polar surface area (TPSA) is 127 Å². The standard InChI is InChI=1S/C33H45N7O4Si/c1-21-26-17-27(38-40(26)13-14-42-21)37-29-35-12-11-25(36-29)22-15-23(18-34)28-24(16-22)33(8,20-43-45(9,10)32(5,6)7)19-39(28)30(41)44-31(2,3)4/h11-12,15-17,21H,13-14,19-20H2,1-10H3,(H,35,36,37,38). The summed E-state index contributed by atoms with van der Waals surface area (Å²) in [6.45, 7) is 22.7. The zero-order valence-corrected chi connectivity index (χ0v) is 29.1. The Morgan fingerprint density at radius 1 is 1.22 bits per heavy atom. The first-order chi connectivity index (χ1) is 20.9. The second-order valence-electron chi connectivity index (χ2n) is 14.8. The molecule has 2 unspecified atom stereocenters. The number of ether oxygens (including phenoxy) is 2. The number of rotatable bonds is 6. The molecule has 2 aliphatic heterocycles. The molecule has 12 heteroatoms. The van der Waals surface area contributed by atoms with Gasteiger partial charge in [0.2, 0.25) is 5.95 Å². The van der Waals surface area contributed by atoms with Gasteiger partial charge in [0.1, 0.15) is 11.7 Å². The van der Waals surface area contributed by atoms with Gasteiger partial charge in [0.05, 0.1) is 41.9 Å². The van der Waals surface area contributed by atoms with Gasteiger partial charge in [0.25, 0.3) is 0 Å². The smallest absolute Gasteiger partial charge is 0.414 e. The van der Waals surface area contributed by atoms with Gasteiger partial charge in [-0.25, -0.2) is 14.8 Å². The molecule has 45 heavy (non-hydrogen) atoms. The van der Waals surface area contributed by atoms with E-state index < -0.39 is 25.4 Å². The molecule has 1 amide bonds. The van der Waals surface area contributed by atoms with Gasteiger partial charge in [-0.2, -0.15) is 10.4 Å². The summed E-state index contributed by atoms with van der Waals surface area (Å²) in [4.78, 5) is 24.3. The molecule has 0 spiro atoms. The predicted molar refractivity (Wildman–Crippen MR) is 176 cm³/mol. The predicted octanol–water partition coefficient (Wildman–Crippen LogP) is 7.08. The lowest BCUT2D eigenvalue weighted by Gasteiger charge is -2.39. The molecule has 0 fully saturated rings. The van der Waals surface area contributed by atoms with E-state index in [-0.39, 0.29) is 11.1 Å². The number of fused-ring (bicyclic) bond motifs is 2. The van der Waals surface area contributed by atoms with Crippen LogP contribution in [0.4, 0.5) is 22.2 Å². The van der Waals surface area contributed by atoms with E-state index in [1.54, 1.807) is 17.2 Å². The SMILES string of the molecule is CC1OCCn2nc(Nc3nccc(-c4cc(C#N)c5c(c4)C(C)(CO[Si](C)(C)C(C)(C)C)CN5C(=O)OC(C)(C)C)n3)cc21. The maximum atomic E-state index is 13.5. The number of amides is 1. The maximum Gasteiger partial charge on any atom is 0.414 e. The summed E-state index contributed by atoms with van der Waals surface area (Å²) < 4.78 is 20.2. The van der Waals surface area contributed by atoms with Crippen LogP contribution in [0.2, 0.25) is 18.1 Å². The van der Waals surface area contributed by atoms with Gasteiger partial charge >= 0.3 is 6.09 Å². The molecule has 5 rings (SSSR count). The van der Waals surface area contributed by atoms with Gasteiger partial charge in [-0.15, -0.1) is 0 Å². The van der Waals surface area contributed by atoms with Crippen molar-refractivity contribution >= 4 is 31.9 Å². The first-order valence-corrected chi connectivity index (χ1v) is 18.3. The molecule has 2 atom stereocenters.